The van der Waals surface area contributed by atoms with Crippen LogP contribution in [0.4, 0.5) is 13.2 Å². The van der Waals surface area contributed by atoms with Crippen molar-refractivity contribution in [3.8, 4) is 0 Å². The molecule has 1 atom stereocenters. The van der Waals surface area contributed by atoms with E-state index in [0.717, 1.165) is 6.61 Å². The molecule has 0 spiro atoms. The Morgan fingerprint density at radius 3 is 2.64 bits per heavy atom. The molecule has 1 aliphatic rings. The second kappa shape index (κ2) is 2.69. The third-order valence-electron chi connectivity index (χ3n) is 1.05. The van der Waals surface area contributed by atoms with Gasteiger partial charge in [0.05, 0.1) is 0 Å². The second-order valence-electron chi connectivity index (χ2n) is 1.89. The van der Waals surface area contributed by atoms with Crippen LogP contribution in [-0.2, 0) is 14.3 Å². The van der Waals surface area contributed by atoms with Crippen LogP contribution in [0.2, 0.25) is 0 Å². The Labute approximate surface area is 60.1 Å². The van der Waals surface area contributed by atoms with Gasteiger partial charge in [0.1, 0.15) is 6.61 Å². The fourth-order valence-corrected chi connectivity index (χ4v) is 0.647. The van der Waals surface area contributed by atoms with Crippen molar-refractivity contribution < 1.29 is 27.4 Å². The van der Waals surface area contributed by atoms with Crippen LogP contribution in [0.25, 0.3) is 0 Å². The van der Waals surface area contributed by atoms with E-state index >= 15 is 0 Å². The summed E-state index contributed by atoms with van der Waals surface area (Å²) < 4.78 is 41.8. The number of ether oxygens (including phenoxy) is 2. The number of rotatable bonds is 1. The van der Waals surface area contributed by atoms with Crippen molar-refractivity contribution in [1.82, 2.24) is 0 Å². The number of hydrogen-bond donors (Lipinski definition) is 0. The molecule has 0 aliphatic carbocycles. The first-order valence-corrected chi connectivity index (χ1v) is 2.76. The van der Waals surface area contributed by atoms with E-state index in [4.69, 9.17) is 0 Å². The highest BCUT2D eigenvalue weighted by Gasteiger charge is 2.40. The maximum Gasteiger partial charge on any atom is 0.523 e. The highest BCUT2D eigenvalue weighted by molar-refractivity contribution is 5.77. The SMILES string of the molecule is O=C1O[CH]CC1OC(F)(F)F. The lowest BCUT2D eigenvalue weighted by Crippen LogP contribution is -2.27. The van der Waals surface area contributed by atoms with E-state index in [1.54, 1.807) is 0 Å². The first-order chi connectivity index (χ1) is 4.99. The second-order valence-corrected chi connectivity index (χ2v) is 1.89. The van der Waals surface area contributed by atoms with Gasteiger partial charge in [0.2, 0.25) is 0 Å². The van der Waals surface area contributed by atoms with Gasteiger partial charge in [0.25, 0.3) is 0 Å². The monoisotopic (exact) mass is 169 g/mol. The van der Waals surface area contributed by atoms with E-state index in [1.165, 1.54) is 0 Å². The molecular formula is C5H4F3O3. The normalized spacial score (nSPS) is 25.4. The molecule has 11 heavy (non-hydrogen) atoms. The van der Waals surface area contributed by atoms with Crippen LogP contribution in [0.1, 0.15) is 6.42 Å². The molecule has 0 aromatic carbocycles. The summed E-state index contributed by atoms with van der Waals surface area (Å²) in [5.74, 6) is -0.998. The van der Waals surface area contributed by atoms with Crippen molar-refractivity contribution in [3.63, 3.8) is 0 Å². The maximum atomic E-state index is 11.4. The molecule has 6 heteroatoms. The average molecular weight is 169 g/mol. The molecule has 1 aliphatic heterocycles. The van der Waals surface area contributed by atoms with Crippen molar-refractivity contribution in [2.24, 2.45) is 0 Å². The van der Waals surface area contributed by atoms with Crippen LogP contribution in [0.15, 0.2) is 0 Å². The van der Waals surface area contributed by atoms with Gasteiger partial charge in [-0.05, 0) is 0 Å². The maximum absolute atomic E-state index is 11.4. The molecular weight excluding hydrogens is 165 g/mol. The van der Waals surface area contributed by atoms with Gasteiger partial charge in [-0.15, -0.1) is 13.2 Å². The van der Waals surface area contributed by atoms with Gasteiger partial charge < -0.3 is 4.74 Å². The zero-order valence-corrected chi connectivity index (χ0v) is 5.22. The summed E-state index contributed by atoms with van der Waals surface area (Å²) in [4.78, 5) is 10.4. The van der Waals surface area contributed by atoms with Crippen LogP contribution >= 0.6 is 0 Å². The lowest BCUT2D eigenvalue weighted by Gasteiger charge is -2.09. The number of carbonyl (C=O) groups is 1. The Balaban J connectivity index is 2.43. The molecule has 63 valence electrons. The molecule has 0 aromatic rings. The largest absolute Gasteiger partial charge is 0.523 e. The molecule has 1 rings (SSSR count). The summed E-state index contributed by atoms with van der Waals surface area (Å²) in [7, 11) is 0. The lowest BCUT2D eigenvalue weighted by molar-refractivity contribution is -0.337. The Hall–Kier alpha value is -0.780. The first kappa shape index (κ1) is 8.32. The van der Waals surface area contributed by atoms with Crippen LogP contribution in [0.5, 0.6) is 0 Å². The van der Waals surface area contributed by atoms with Crippen LogP contribution in [0, 0.1) is 6.61 Å². The fourth-order valence-electron chi connectivity index (χ4n) is 0.647. The average Bonchev–Trinajstić information content (AvgIpc) is 2.12. The van der Waals surface area contributed by atoms with E-state index in [2.05, 4.69) is 9.47 Å². The molecule has 1 saturated heterocycles. The van der Waals surface area contributed by atoms with Crippen LogP contribution in [0.3, 0.4) is 0 Å². The van der Waals surface area contributed by atoms with Gasteiger partial charge >= 0.3 is 12.3 Å². The van der Waals surface area contributed by atoms with Gasteiger partial charge in [0.15, 0.2) is 6.10 Å². The Kier molecular flexibility index (Phi) is 2.03. The van der Waals surface area contributed by atoms with E-state index in [1.807, 2.05) is 0 Å². The predicted molar refractivity (Wildman–Crippen MR) is 25.9 cm³/mol. The molecule has 1 fully saturated rings. The molecule has 0 N–H and O–H groups in total. The molecule has 0 bridgehead atoms. The molecule has 0 saturated carbocycles. The molecule has 1 heterocycles. The van der Waals surface area contributed by atoms with Crippen molar-refractivity contribution in [1.29, 1.82) is 0 Å². The number of alkyl halides is 3. The molecule has 1 unspecified atom stereocenters. The Morgan fingerprint density at radius 1 is 1.64 bits per heavy atom. The Bertz CT molecular complexity index is 165. The molecule has 0 aromatic heterocycles. The fraction of sp³-hybridized carbons (Fsp3) is 0.600. The molecule has 1 radical (unpaired) electrons. The highest BCUT2D eigenvalue weighted by atomic mass is 19.4. The molecule has 3 nitrogen and oxygen atoms in total. The van der Waals surface area contributed by atoms with Gasteiger partial charge in [-0.3, -0.25) is 4.74 Å². The summed E-state index contributed by atoms with van der Waals surface area (Å²) in [6, 6.07) is 0. The summed E-state index contributed by atoms with van der Waals surface area (Å²) in [6.45, 7) is 0.985. The van der Waals surface area contributed by atoms with E-state index in [9.17, 15) is 18.0 Å². The van der Waals surface area contributed by atoms with Crippen molar-refractivity contribution in [2.75, 3.05) is 0 Å². The number of esters is 1. The highest BCUT2D eigenvalue weighted by Crippen LogP contribution is 2.24. The zero-order chi connectivity index (χ0) is 8.48. The van der Waals surface area contributed by atoms with Crippen molar-refractivity contribution >= 4 is 5.97 Å². The third kappa shape index (κ3) is 2.38. The molecule has 0 amide bonds. The van der Waals surface area contributed by atoms with Gasteiger partial charge in [-0.25, -0.2) is 4.79 Å². The lowest BCUT2D eigenvalue weighted by atomic mass is 10.3. The minimum atomic E-state index is -4.78. The first-order valence-electron chi connectivity index (χ1n) is 2.76. The topological polar surface area (TPSA) is 35.5 Å². The summed E-state index contributed by atoms with van der Waals surface area (Å²) >= 11 is 0. The summed E-state index contributed by atoms with van der Waals surface area (Å²) in [5.41, 5.74) is 0. The smallest absolute Gasteiger partial charge is 0.456 e. The van der Waals surface area contributed by atoms with Crippen LogP contribution in [-0.4, -0.2) is 18.4 Å². The Morgan fingerprint density at radius 2 is 2.27 bits per heavy atom. The standard InChI is InChI=1S/C5H4F3O3/c6-5(7,8)11-3-1-2-10-4(3)9/h2-3H,1H2. The van der Waals surface area contributed by atoms with E-state index in [0.29, 0.717) is 0 Å². The van der Waals surface area contributed by atoms with Gasteiger partial charge in [-0.1, -0.05) is 0 Å². The minimum absolute atomic E-state index is 0.154. The van der Waals surface area contributed by atoms with Crippen LogP contribution < -0.4 is 0 Å². The van der Waals surface area contributed by atoms with E-state index < -0.39 is 18.4 Å². The minimum Gasteiger partial charge on any atom is -0.456 e. The predicted octanol–water partition coefficient (Wildman–Crippen LogP) is 1.00. The van der Waals surface area contributed by atoms with Gasteiger partial charge in [-0.2, -0.15) is 0 Å². The quantitative estimate of drug-likeness (QED) is 0.549. The number of cyclic esters (lactones) is 1. The van der Waals surface area contributed by atoms with Gasteiger partial charge in [0, 0.05) is 6.42 Å². The summed E-state index contributed by atoms with van der Waals surface area (Å²) in [6.07, 6.45) is -6.45. The zero-order valence-electron chi connectivity index (χ0n) is 5.22. The van der Waals surface area contributed by atoms with Crippen molar-refractivity contribution in [2.45, 2.75) is 18.9 Å². The third-order valence-corrected chi connectivity index (χ3v) is 1.05. The van der Waals surface area contributed by atoms with E-state index in [-0.39, 0.29) is 6.42 Å². The van der Waals surface area contributed by atoms with Crippen molar-refractivity contribution in [3.05, 3.63) is 6.61 Å². The summed E-state index contributed by atoms with van der Waals surface area (Å²) in [5, 5.41) is 0. The number of hydrogen-bond acceptors (Lipinski definition) is 3. The number of carbonyl (C=O) groups excluding carboxylic acids is 1. The number of halogens is 3.